The Morgan fingerprint density at radius 1 is 1.28 bits per heavy atom. The number of ether oxygens (including phenoxy) is 2. The Labute approximate surface area is 171 Å². The van der Waals surface area contributed by atoms with Gasteiger partial charge in [0.15, 0.2) is 6.10 Å². The molecule has 1 fully saturated rings. The van der Waals surface area contributed by atoms with E-state index in [1.54, 1.807) is 19.1 Å². The summed E-state index contributed by atoms with van der Waals surface area (Å²) >= 11 is 0. The predicted molar refractivity (Wildman–Crippen MR) is 111 cm³/mol. The van der Waals surface area contributed by atoms with E-state index in [1.807, 2.05) is 12.1 Å². The topological polar surface area (TPSA) is 82.2 Å². The lowest BCUT2D eigenvalue weighted by Gasteiger charge is -2.24. The Balaban J connectivity index is 1.58. The van der Waals surface area contributed by atoms with Gasteiger partial charge >= 0.3 is 5.63 Å². The minimum absolute atomic E-state index is 0.157. The van der Waals surface area contributed by atoms with Crippen molar-refractivity contribution in [1.29, 1.82) is 0 Å². The standard InChI is InChI=1S/C22H30N2O5/c1-3-4-5-17-14-21(25)29-20-15-18(6-7-19(17)20)28-16(2)22(26)23-8-9-24-10-12-27-13-11-24/h6-7,14-16H,3-5,8-13H2,1-2H3,(H,23,26)/p+1/t16-/m1/s1. The molecule has 7 nitrogen and oxygen atoms in total. The Morgan fingerprint density at radius 2 is 2.07 bits per heavy atom. The number of hydrogen-bond acceptors (Lipinski definition) is 5. The number of aryl methyl sites for hydroxylation is 1. The van der Waals surface area contributed by atoms with Crippen molar-refractivity contribution >= 4 is 16.9 Å². The second-order valence-corrected chi connectivity index (χ2v) is 7.52. The average molecular weight is 403 g/mol. The van der Waals surface area contributed by atoms with E-state index in [4.69, 9.17) is 13.9 Å². The molecular weight excluding hydrogens is 372 g/mol. The highest BCUT2D eigenvalue weighted by atomic mass is 16.5. The van der Waals surface area contributed by atoms with Crippen LogP contribution >= 0.6 is 0 Å². The van der Waals surface area contributed by atoms with Crippen molar-refractivity contribution in [2.75, 3.05) is 39.4 Å². The fourth-order valence-corrected chi connectivity index (χ4v) is 3.53. The van der Waals surface area contributed by atoms with E-state index in [1.165, 1.54) is 4.90 Å². The summed E-state index contributed by atoms with van der Waals surface area (Å²) in [5.74, 6) is 0.352. The van der Waals surface area contributed by atoms with Gasteiger partial charge in [0.1, 0.15) is 24.4 Å². The van der Waals surface area contributed by atoms with Crippen LogP contribution in [0.2, 0.25) is 0 Å². The van der Waals surface area contributed by atoms with Gasteiger partial charge in [-0.2, -0.15) is 0 Å². The molecule has 158 valence electrons. The number of quaternary nitrogens is 1. The number of unbranched alkanes of at least 4 members (excludes halogenated alkanes) is 1. The lowest BCUT2D eigenvalue weighted by Crippen LogP contribution is -3.14. The van der Waals surface area contributed by atoms with Gasteiger partial charge in [0.2, 0.25) is 0 Å². The van der Waals surface area contributed by atoms with Gasteiger partial charge < -0.3 is 24.1 Å². The quantitative estimate of drug-likeness (QED) is 0.609. The maximum absolute atomic E-state index is 12.3. The number of rotatable bonds is 9. The fourth-order valence-electron chi connectivity index (χ4n) is 3.53. The number of nitrogens with one attached hydrogen (secondary N) is 2. The first-order chi connectivity index (χ1) is 14.1. The highest BCUT2D eigenvalue weighted by molar-refractivity contribution is 5.83. The van der Waals surface area contributed by atoms with Crippen LogP contribution in [-0.4, -0.2) is 51.4 Å². The summed E-state index contributed by atoms with van der Waals surface area (Å²) in [6.45, 7) is 8.83. The number of benzene rings is 1. The Hall–Kier alpha value is -2.38. The summed E-state index contributed by atoms with van der Waals surface area (Å²) in [6.07, 6.45) is 2.27. The third-order valence-electron chi connectivity index (χ3n) is 5.26. The zero-order valence-corrected chi connectivity index (χ0v) is 17.3. The van der Waals surface area contributed by atoms with E-state index in [0.29, 0.717) is 17.9 Å². The third-order valence-corrected chi connectivity index (χ3v) is 5.26. The molecule has 0 aliphatic carbocycles. The second kappa shape index (κ2) is 10.4. The molecule has 2 aromatic rings. The smallest absolute Gasteiger partial charge is 0.336 e. The number of morpholine rings is 1. The SMILES string of the molecule is CCCCc1cc(=O)oc2cc(O[C@H](C)C(=O)NCC[NH+]3CCOCC3)ccc12. The summed E-state index contributed by atoms with van der Waals surface area (Å²) in [5.41, 5.74) is 1.11. The molecule has 3 rings (SSSR count). The van der Waals surface area contributed by atoms with Crippen LogP contribution in [0.5, 0.6) is 5.75 Å². The second-order valence-electron chi connectivity index (χ2n) is 7.52. The average Bonchev–Trinajstić information content (AvgIpc) is 2.72. The minimum Gasteiger partial charge on any atom is -0.481 e. The van der Waals surface area contributed by atoms with Crippen molar-refractivity contribution in [1.82, 2.24) is 5.32 Å². The highest BCUT2D eigenvalue weighted by Gasteiger charge is 2.17. The Bertz CT molecular complexity index is 873. The van der Waals surface area contributed by atoms with Crippen molar-refractivity contribution < 1.29 is 23.6 Å². The van der Waals surface area contributed by atoms with Gasteiger partial charge in [-0.3, -0.25) is 4.79 Å². The first-order valence-electron chi connectivity index (χ1n) is 10.5. The first-order valence-corrected chi connectivity index (χ1v) is 10.5. The zero-order valence-electron chi connectivity index (χ0n) is 17.3. The van der Waals surface area contributed by atoms with Gasteiger partial charge in [0.25, 0.3) is 5.91 Å². The summed E-state index contributed by atoms with van der Waals surface area (Å²) in [4.78, 5) is 25.7. The van der Waals surface area contributed by atoms with Gasteiger partial charge in [-0.1, -0.05) is 13.3 Å². The molecule has 2 heterocycles. The molecule has 1 aromatic heterocycles. The van der Waals surface area contributed by atoms with Crippen molar-refractivity contribution in [3.05, 3.63) is 40.2 Å². The molecule has 0 unspecified atom stereocenters. The van der Waals surface area contributed by atoms with E-state index < -0.39 is 6.10 Å². The molecule has 0 spiro atoms. The first kappa shape index (κ1) is 21.3. The predicted octanol–water partition coefficient (Wildman–Crippen LogP) is 0.934. The molecule has 7 heteroatoms. The molecule has 1 aliphatic heterocycles. The van der Waals surface area contributed by atoms with Gasteiger partial charge in [-0.15, -0.1) is 0 Å². The van der Waals surface area contributed by atoms with Crippen LogP contribution in [0.4, 0.5) is 0 Å². The van der Waals surface area contributed by atoms with E-state index in [0.717, 1.165) is 63.1 Å². The highest BCUT2D eigenvalue weighted by Crippen LogP contribution is 2.24. The molecule has 1 atom stereocenters. The number of fused-ring (bicyclic) bond motifs is 1. The maximum atomic E-state index is 12.3. The van der Waals surface area contributed by atoms with Crippen LogP contribution in [0.25, 0.3) is 11.0 Å². The van der Waals surface area contributed by atoms with E-state index >= 15 is 0 Å². The number of carbonyl (C=O) groups is 1. The fraction of sp³-hybridized carbons (Fsp3) is 0.545. The molecule has 29 heavy (non-hydrogen) atoms. The lowest BCUT2D eigenvalue weighted by atomic mass is 10.0. The van der Waals surface area contributed by atoms with Crippen LogP contribution in [0, 0.1) is 0 Å². The van der Waals surface area contributed by atoms with Gasteiger partial charge in [-0.25, -0.2) is 4.79 Å². The monoisotopic (exact) mass is 403 g/mol. The van der Waals surface area contributed by atoms with Gasteiger partial charge in [0, 0.05) is 17.5 Å². The van der Waals surface area contributed by atoms with E-state index in [9.17, 15) is 9.59 Å². The minimum atomic E-state index is -0.637. The van der Waals surface area contributed by atoms with Gasteiger partial charge in [-0.05, 0) is 37.5 Å². The molecule has 0 saturated carbocycles. The largest absolute Gasteiger partial charge is 0.481 e. The zero-order chi connectivity index (χ0) is 20.6. The van der Waals surface area contributed by atoms with Crippen molar-refractivity contribution in [3.63, 3.8) is 0 Å². The van der Waals surface area contributed by atoms with Crippen LogP contribution in [-0.2, 0) is 16.0 Å². The molecule has 1 amide bonds. The summed E-state index contributed by atoms with van der Waals surface area (Å²) in [7, 11) is 0. The molecule has 1 aliphatic rings. The number of carbonyl (C=O) groups excluding carboxylic acids is 1. The van der Waals surface area contributed by atoms with Crippen LogP contribution in [0.3, 0.4) is 0 Å². The summed E-state index contributed by atoms with van der Waals surface area (Å²) in [6, 6.07) is 6.96. The van der Waals surface area contributed by atoms with E-state index in [-0.39, 0.29) is 11.5 Å². The normalized spacial score (nSPS) is 15.9. The Kier molecular flexibility index (Phi) is 7.66. The summed E-state index contributed by atoms with van der Waals surface area (Å²) in [5, 5.41) is 3.84. The Morgan fingerprint density at radius 3 is 2.83 bits per heavy atom. The van der Waals surface area contributed by atoms with Crippen LogP contribution < -0.4 is 20.6 Å². The molecular formula is C22H31N2O5+. The molecule has 2 N–H and O–H groups in total. The maximum Gasteiger partial charge on any atom is 0.336 e. The molecule has 1 saturated heterocycles. The van der Waals surface area contributed by atoms with Crippen molar-refractivity contribution in [2.45, 2.75) is 39.2 Å². The number of hydrogen-bond donors (Lipinski definition) is 2. The molecule has 0 bridgehead atoms. The van der Waals surface area contributed by atoms with Crippen molar-refractivity contribution in [2.24, 2.45) is 0 Å². The van der Waals surface area contributed by atoms with Gasteiger partial charge in [0.05, 0.1) is 26.3 Å². The van der Waals surface area contributed by atoms with Crippen LogP contribution in [0.1, 0.15) is 32.3 Å². The molecule has 1 aromatic carbocycles. The van der Waals surface area contributed by atoms with Crippen LogP contribution in [0.15, 0.2) is 33.5 Å². The third kappa shape index (κ3) is 6.05. The van der Waals surface area contributed by atoms with Crippen molar-refractivity contribution in [3.8, 4) is 5.75 Å². The summed E-state index contributed by atoms with van der Waals surface area (Å²) < 4.78 is 16.5. The number of amides is 1. The lowest BCUT2D eigenvalue weighted by molar-refractivity contribution is -0.906. The molecule has 0 radical (unpaired) electrons. The van der Waals surface area contributed by atoms with E-state index in [2.05, 4.69) is 12.2 Å².